The summed E-state index contributed by atoms with van der Waals surface area (Å²) in [7, 11) is 0. The first kappa shape index (κ1) is 11.8. The summed E-state index contributed by atoms with van der Waals surface area (Å²) < 4.78 is 35.4. The largest absolute Gasteiger partial charge is 0.389 e. The number of carbonyl (C=O) groups excluding carboxylic acids is 1. The third kappa shape index (κ3) is 3.48. The highest BCUT2D eigenvalue weighted by Crippen LogP contribution is 2.23. The van der Waals surface area contributed by atoms with Crippen molar-refractivity contribution in [3.05, 3.63) is 0 Å². The zero-order valence-electron chi connectivity index (χ0n) is 7.48. The van der Waals surface area contributed by atoms with Crippen LogP contribution in [0.25, 0.3) is 0 Å². The Hall–Kier alpha value is -0.260. The van der Waals surface area contributed by atoms with E-state index in [-0.39, 0.29) is 23.7 Å². The Bertz CT molecular complexity index is 219. The Kier molecular flexibility index (Phi) is 3.80. The van der Waals surface area contributed by atoms with Crippen LogP contribution in [0.2, 0.25) is 0 Å². The van der Waals surface area contributed by atoms with Gasteiger partial charge in [-0.2, -0.15) is 13.2 Å². The molecule has 1 heterocycles. The second kappa shape index (κ2) is 4.51. The van der Waals surface area contributed by atoms with Crippen molar-refractivity contribution in [1.29, 1.82) is 0 Å². The lowest BCUT2D eigenvalue weighted by atomic mass is 10.3. The number of amides is 1. The molecule has 0 spiro atoms. The summed E-state index contributed by atoms with van der Waals surface area (Å²) in [5, 5.41) is 0. The van der Waals surface area contributed by atoms with E-state index < -0.39 is 12.6 Å². The van der Waals surface area contributed by atoms with Crippen molar-refractivity contribution in [2.45, 2.75) is 30.3 Å². The normalized spacial score (nSPS) is 23.3. The van der Waals surface area contributed by atoms with Crippen LogP contribution in [0.15, 0.2) is 0 Å². The van der Waals surface area contributed by atoms with E-state index in [0.717, 1.165) is 0 Å². The number of halogens is 4. The lowest BCUT2D eigenvalue weighted by Gasteiger charge is -2.16. The maximum Gasteiger partial charge on any atom is 0.389 e. The summed E-state index contributed by atoms with van der Waals surface area (Å²) in [5.41, 5.74) is 0. The van der Waals surface area contributed by atoms with Crippen molar-refractivity contribution in [1.82, 2.24) is 4.90 Å². The van der Waals surface area contributed by atoms with E-state index in [4.69, 9.17) is 0 Å². The molecule has 0 N–H and O–H groups in total. The Balaban J connectivity index is 2.23. The average molecular weight is 274 g/mol. The molecule has 1 aliphatic heterocycles. The van der Waals surface area contributed by atoms with Gasteiger partial charge in [0.05, 0.1) is 4.83 Å². The first-order chi connectivity index (χ1) is 6.40. The minimum atomic E-state index is -4.11. The minimum Gasteiger partial charge on any atom is -0.342 e. The molecule has 1 amide bonds. The van der Waals surface area contributed by atoms with E-state index in [1.165, 1.54) is 4.90 Å². The summed E-state index contributed by atoms with van der Waals surface area (Å²) in [6.07, 6.45) is -4.25. The number of hydrogen-bond acceptors (Lipinski definition) is 1. The van der Waals surface area contributed by atoms with Crippen LogP contribution in [0.1, 0.15) is 19.3 Å². The number of nitrogens with zero attached hydrogens (tertiary/aromatic N) is 1. The predicted octanol–water partition coefficient (Wildman–Crippen LogP) is 2.32. The summed E-state index contributed by atoms with van der Waals surface area (Å²) in [5.74, 6) is -0.0906. The van der Waals surface area contributed by atoms with Crippen molar-refractivity contribution >= 4 is 21.8 Å². The Labute approximate surface area is 88.6 Å². The van der Waals surface area contributed by atoms with Gasteiger partial charge in [0.1, 0.15) is 0 Å². The molecule has 1 fully saturated rings. The zero-order chi connectivity index (χ0) is 10.8. The molecule has 0 aliphatic carbocycles. The average Bonchev–Trinajstić information content (AvgIpc) is 2.33. The molecule has 1 rings (SSSR count). The van der Waals surface area contributed by atoms with Gasteiger partial charge in [-0.3, -0.25) is 4.79 Å². The molecule has 0 aromatic rings. The molecule has 6 heteroatoms. The maximum absolute atomic E-state index is 11.8. The van der Waals surface area contributed by atoms with Gasteiger partial charge in [-0.05, 0) is 12.8 Å². The van der Waals surface area contributed by atoms with Gasteiger partial charge < -0.3 is 4.90 Å². The lowest BCUT2D eigenvalue weighted by molar-refractivity contribution is -0.138. The van der Waals surface area contributed by atoms with Crippen LogP contribution >= 0.6 is 15.9 Å². The first-order valence-corrected chi connectivity index (χ1v) is 5.31. The van der Waals surface area contributed by atoms with Crippen molar-refractivity contribution in [2.24, 2.45) is 0 Å². The van der Waals surface area contributed by atoms with Gasteiger partial charge in [0.15, 0.2) is 0 Å². The van der Waals surface area contributed by atoms with Gasteiger partial charge in [-0.1, -0.05) is 15.9 Å². The Morgan fingerprint density at radius 2 is 2.14 bits per heavy atom. The summed E-state index contributed by atoms with van der Waals surface area (Å²) in [6.45, 7) is 0.771. The monoisotopic (exact) mass is 273 g/mol. The van der Waals surface area contributed by atoms with E-state index in [1.807, 2.05) is 0 Å². The van der Waals surface area contributed by atoms with Crippen LogP contribution in [0.5, 0.6) is 0 Å². The Morgan fingerprint density at radius 3 is 2.57 bits per heavy atom. The fourth-order valence-electron chi connectivity index (χ4n) is 1.39. The summed E-state index contributed by atoms with van der Waals surface area (Å²) in [6, 6.07) is 0. The lowest BCUT2D eigenvalue weighted by Crippen LogP contribution is -2.29. The molecule has 1 saturated heterocycles. The fraction of sp³-hybridized carbons (Fsp3) is 0.875. The van der Waals surface area contributed by atoms with Crippen LogP contribution in [0, 0.1) is 0 Å². The fourth-order valence-corrected chi connectivity index (χ4v) is 1.89. The van der Waals surface area contributed by atoms with Gasteiger partial charge in [0.25, 0.3) is 0 Å². The highest BCUT2D eigenvalue weighted by Gasteiger charge is 2.31. The van der Waals surface area contributed by atoms with Crippen molar-refractivity contribution < 1.29 is 18.0 Å². The molecular formula is C8H11BrF3NO. The second-order valence-corrected chi connectivity index (χ2v) is 4.41. The molecule has 1 unspecified atom stereocenters. The quantitative estimate of drug-likeness (QED) is 0.723. The molecule has 1 atom stereocenters. The molecule has 0 radical (unpaired) electrons. The first-order valence-electron chi connectivity index (χ1n) is 4.40. The highest BCUT2D eigenvalue weighted by molar-refractivity contribution is 9.10. The maximum atomic E-state index is 11.8. The zero-order valence-corrected chi connectivity index (χ0v) is 9.07. The minimum absolute atomic E-state index is 0.00500. The molecule has 1 aliphatic rings. The number of alkyl halides is 4. The molecule has 2 nitrogen and oxygen atoms in total. The molecule has 0 bridgehead atoms. The smallest absolute Gasteiger partial charge is 0.342 e. The number of likely N-dealkylation sites (tertiary alicyclic amines) is 1. The molecule has 0 aromatic heterocycles. The molecule has 0 aromatic carbocycles. The number of rotatable bonds is 3. The van der Waals surface area contributed by atoms with Gasteiger partial charge in [0, 0.05) is 19.5 Å². The Morgan fingerprint density at radius 1 is 1.50 bits per heavy atom. The number of carbonyl (C=O) groups is 1. The van der Waals surface area contributed by atoms with Crippen molar-refractivity contribution in [3.8, 4) is 0 Å². The molecule has 14 heavy (non-hydrogen) atoms. The van der Waals surface area contributed by atoms with Crippen molar-refractivity contribution in [3.63, 3.8) is 0 Å². The standard InChI is InChI=1S/C8H11BrF3NO/c9-6-2-5-13(7(6)14)4-1-3-8(10,11)12/h6H,1-5H2. The predicted molar refractivity (Wildman–Crippen MR) is 49.2 cm³/mol. The molecule has 0 saturated carbocycles. The van der Waals surface area contributed by atoms with Gasteiger partial charge in [0.2, 0.25) is 5.91 Å². The van der Waals surface area contributed by atoms with Crippen LogP contribution < -0.4 is 0 Å². The summed E-state index contributed by atoms with van der Waals surface area (Å²) in [4.78, 5) is 12.5. The topological polar surface area (TPSA) is 20.3 Å². The van der Waals surface area contributed by atoms with E-state index in [9.17, 15) is 18.0 Å². The van der Waals surface area contributed by atoms with Crippen LogP contribution in [-0.2, 0) is 4.79 Å². The van der Waals surface area contributed by atoms with Crippen LogP contribution in [-0.4, -0.2) is 34.9 Å². The van der Waals surface area contributed by atoms with Crippen molar-refractivity contribution in [2.75, 3.05) is 13.1 Å². The third-order valence-electron chi connectivity index (χ3n) is 2.12. The van der Waals surface area contributed by atoms with E-state index >= 15 is 0 Å². The SMILES string of the molecule is O=C1C(Br)CCN1CCCC(F)(F)F. The third-order valence-corrected chi connectivity index (χ3v) is 2.97. The number of hydrogen-bond donors (Lipinski definition) is 0. The van der Waals surface area contributed by atoms with E-state index in [0.29, 0.717) is 13.0 Å². The van der Waals surface area contributed by atoms with Gasteiger partial charge in [-0.25, -0.2) is 0 Å². The van der Waals surface area contributed by atoms with Gasteiger partial charge in [-0.15, -0.1) is 0 Å². The van der Waals surface area contributed by atoms with E-state index in [1.54, 1.807) is 0 Å². The second-order valence-electron chi connectivity index (χ2n) is 3.30. The molecular weight excluding hydrogens is 263 g/mol. The summed E-state index contributed by atoms with van der Waals surface area (Å²) >= 11 is 3.16. The highest BCUT2D eigenvalue weighted by atomic mass is 79.9. The van der Waals surface area contributed by atoms with Crippen LogP contribution in [0.4, 0.5) is 13.2 Å². The van der Waals surface area contributed by atoms with E-state index in [2.05, 4.69) is 15.9 Å². The van der Waals surface area contributed by atoms with Crippen LogP contribution in [0.3, 0.4) is 0 Å². The van der Waals surface area contributed by atoms with Gasteiger partial charge >= 0.3 is 6.18 Å². The molecule has 82 valence electrons.